The second-order valence-electron chi connectivity index (χ2n) is 0. The third-order valence-electron chi connectivity index (χ3n) is 0. The molecule has 0 aliphatic heterocycles. The molecule has 0 saturated carbocycles. The van der Waals surface area contributed by atoms with Crippen LogP contribution in [0.1, 0.15) is 0 Å². The third-order valence-corrected chi connectivity index (χ3v) is 0. The van der Waals surface area contributed by atoms with Crippen molar-refractivity contribution in [2.24, 2.45) is 0 Å². The fraction of sp³-hybridized carbons (Fsp3) is 0. The maximum Gasteiger partial charge on any atom is 3.00 e. The molecule has 0 aromatic heterocycles. The van der Waals surface area contributed by atoms with Crippen LogP contribution in [-0.2, 0) is 19.8 Å². The molecule has 0 unspecified atom stereocenters. The Morgan fingerprint density at radius 2 is 0.429 bits per heavy atom. The molecule has 0 atom stereocenters. The Balaban J connectivity index is 0. The molecule has 3 nitrogen and oxygen atoms in total. The summed E-state index contributed by atoms with van der Waals surface area (Å²) in [6.45, 7) is 0. The Labute approximate surface area is 73.4 Å². The van der Waals surface area contributed by atoms with Gasteiger partial charge in [-0.3, -0.25) is 0 Å². The molecule has 0 fully saturated rings. The number of halogens is 3. The third kappa shape index (κ3) is 111. The van der Waals surface area contributed by atoms with Crippen molar-refractivity contribution in [2.45, 2.75) is 0 Å². The van der Waals surface area contributed by atoms with Crippen LogP contribution in [0.4, 0.5) is 0 Å². The maximum atomic E-state index is 0. The van der Waals surface area contributed by atoms with Crippen molar-refractivity contribution in [2.75, 3.05) is 0 Å². The van der Waals surface area contributed by atoms with Crippen molar-refractivity contribution < 1.29 is 73.4 Å². The van der Waals surface area contributed by atoms with E-state index in [1.54, 1.807) is 0 Å². The molecule has 53 valence electrons. The molecule has 0 bridgehead atoms. The van der Waals surface area contributed by atoms with Gasteiger partial charge in [0, 0.05) is 0 Å². The van der Waals surface area contributed by atoms with Crippen LogP contribution >= 0.6 is 0 Å². The first-order valence-electron chi connectivity index (χ1n) is 0. The van der Waals surface area contributed by atoms with Gasteiger partial charge in [-0.25, -0.2) is 0 Å². The molecule has 0 spiro atoms. The van der Waals surface area contributed by atoms with Crippen molar-refractivity contribution in [3.8, 4) is 0 Å². The summed E-state index contributed by atoms with van der Waals surface area (Å²) in [7, 11) is 0. The normalized spacial score (nSPS) is 0. The average molecular weight is 351 g/mol. The summed E-state index contributed by atoms with van der Waals surface area (Å²) in [6, 6.07) is 0. The van der Waals surface area contributed by atoms with Gasteiger partial charge in [-0.15, -0.1) is 0 Å². The summed E-state index contributed by atoms with van der Waals surface area (Å²) < 4.78 is 0. The van der Waals surface area contributed by atoms with E-state index in [1.165, 1.54) is 0 Å². The SMILES string of the molecule is O.O.O.[Cl-].[Cl-].[Cl-].[Os+3]. The van der Waals surface area contributed by atoms with Crippen molar-refractivity contribution in [3.05, 3.63) is 0 Å². The summed E-state index contributed by atoms with van der Waals surface area (Å²) in [5, 5.41) is 0. The van der Waals surface area contributed by atoms with Crippen LogP contribution in [0.2, 0.25) is 0 Å². The Morgan fingerprint density at radius 1 is 0.429 bits per heavy atom. The second kappa shape index (κ2) is 157. The zero-order chi connectivity index (χ0) is 0. The van der Waals surface area contributed by atoms with E-state index < -0.39 is 0 Å². The predicted molar refractivity (Wildman–Crippen MR) is 10.8 cm³/mol. The van der Waals surface area contributed by atoms with E-state index in [0.717, 1.165) is 0 Å². The van der Waals surface area contributed by atoms with Gasteiger partial charge in [0.15, 0.2) is 0 Å². The number of rotatable bonds is 0. The molecule has 0 amide bonds. The molecule has 1 radical (unpaired) electrons. The molecule has 0 aliphatic carbocycles. The van der Waals surface area contributed by atoms with Gasteiger partial charge in [-0.05, 0) is 0 Å². The van der Waals surface area contributed by atoms with Crippen LogP contribution in [0, 0.1) is 0 Å². The molecule has 6 N–H and O–H groups in total. The smallest absolute Gasteiger partial charge is 1.00 e. The Morgan fingerprint density at radius 3 is 0.429 bits per heavy atom. The predicted octanol–water partition coefficient (Wildman–Crippen LogP) is -11.5. The van der Waals surface area contributed by atoms with Gasteiger partial charge in [0.2, 0.25) is 0 Å². The minimum atomic E-state index is 0. The van der Waals surface area contributed by atoms with E-state index in [2.05, 4.69) is 0 Å². The van der Waals surface area contributed by atoms with Gasteiger partial charge in [-0.2, -0.15) is 0 Å². The number of hydrogen-bond donors (Lipinski definition) is 0. The Kier molecular flexibility index (Phi) is 5330. The molecule has 0 aromatic rings. The van der Waals surface area contributed by atoms with Crippen LogP contribution in [0.15, 0.2) is 0 Å². The van der Waals surface area contributed by atoms with Gasteiger partial charge in [0.05, 0.1) is 0 Å². The summed E-state index contributed by atoms with van der Waals surface area (Å²) in [5.74, 6) is 0. The van der Waals surface area contributed by atoms with Gasteiger partial charge < -0.3 is 53.6 Å². The standard InChI is InChI=1S/3ClH.3H2O.Os/h3*1H;3*1H2;/q;;;;;;+3/p-3. The minimum Gasteiger partial charge on any atom is -1.00 e. The molecule has 0 heterocycles. The molecule has 7 heavy (non-hydrogen) atoms. The molecular weight excluding hydrogens is 345 g/mol. The Hall–Kier alpha value is 1.39. The van der Waals surface area contributed by atoms with Gasteiger partial charge >= 0.3 is 19.8 Å². The van der Waals surface area contributed by atoms with Crippen LogP contribution in [0.25, 0.3) is 0 Å². The summed E-state index contributed by atoms with van der Waals surface area (Å²) >= 11 is 0. The van der Waals surface area contributed by atoms with E-state index in [1.807, 2.05) is 0 Å². The first kappa shape index (κ1) is 238. The molecule has 0 saturated heterocycles. The first-order valence-corrected chi connectivity index (χ1v) is 0. The zero-order valence-corrected chi connectivity index (χ0v) is 7.80. The van der Waals surface area contributed by atoms with E-state index in [0.29, 0.717) is 0 Å². The molecule has 0 aromatic carbocycles. The largest absolute Gasteiger partial charge is 3.00 e. The first-order chi connectivity index (χ1) is 0. The second-order valence-corrected chi connectivity index (χ2v) is 0. The summed E-state index contributed by atoms with van der Waals surface area (Å²) in [5.41, 5.74) is 0. The van der Waals surface area contributed by atoms with E-state index in [9.17, 15) is 0 Å². The van der Waals surface area contributed by atoms with Crippen LogP contribution in [0.5, 0.6) is 0 Å². The van der Waals surface area contributed by atoms with Gasteiger partial charge in [0.1, 0.15) is 0 Å². The quantitative estimate of drug-likeness (QED) is 0.415. The van der Waals surface area contributed by atoms with Gasteiger partial charge in [-0.1, -0.05) is 0 Å². The maximum absolute atomic E-state index is 0. The van der Waals surface area contributed by atoms with E-state index >= 15 is 0 Å². The van der Waals surface area contributed by atoms with E-state index in [-0.39, 0.29) is 73.4 Å². The van der Waals surface area contributed by atoms with Crippen molar-refractivity contribution in [1.82, 2.24) is 0 Å². The summed E-state index contributed by atoms with van der Waals surface area (Å²) in [6.07, 6.45) is 0. The molecule has 7 heteroatoms. The topological polar surface area (TPSA) is 94.5 Å². The van der Waals surface area contributed by atoms with Crippen molar-refractivity contribution >= 4 is 0 Å². The van der Waals surface area contributed by atoms with Gasteiger partial charge in [0.25, 0.3) is 0 Å². The fourth-order valence-corrected chi connectivity index (χ4v) is 0. The summed E-state index contributed by atoms with van der Waals surface area (Å²) in [4.78, 5) is 0. The van der Waals surface area contributed by atoms with E-state index in [4.69, 9.17) is 0 Å². The van der Waals surface area contributed by atoms with Crippen LogP contribution < -0.4 is 37.2 Å². The molecule has 0 rings (SSSR count). The average Bonchev–Trinajstić information content (AvgIpc) is 0. The van der Waals surface area contributed by atoms with Crippen LogP contribution in [-0.4, -0.2) is 16.4 Å². The minimum absolute atomic E-state index is 0. The monoisotopic (exact) mass is 351 g/mol. The Bertz CT molecular complexity index is 10.1. The fourth-order valence-electron chi connectivity index (χ4n) is 0. The zero-order valence-electron chi connectivity index (χ0n) is 2.99. The van der Waals surface area contributed by atoms with Crippen molar-refractivity contribution in [3.63, 3.8) is 0 Å². The van der Waals surface area contributed by atoms with Crippen LogP contribution in [0.3, 0.4) is 0 Å². The molecule has 0 aliphatic rings. The number of hydrogen-bond acceptors (Lipinski definition) is 0. The molecular formula is H6Cl3O3Os. The van der Waals surface area contributed by atoms with Crippen molar-refractivity contribution in [1.29, 1.82) is 0 Å².